The first-order valence-corrected chi connectivity index (χ1v) is 9.31. The molecule has 134 valence electrons. The Bertz CT molecular complexity index is 756. The minimum Gasteiger partial charge on any atom is -0.463 e. The molecule has 0 spiro atoms. The van der Waals surface area contributed by atoms with E-state index in [1.54, 1.807) is 22.1 Å². The van der Waals surface area contributed by atoms with Crippen LogP contribution in [0.25, 0.3) is 10.3 Å². The van der Waals surface area contributed by atoms with Crippen LogP contribution in [0.4, 0.5) is 0 Å². The topological polar surface area (TPSA) is 89.0 Å². The molecule has 2 aromatic heterocycles. The van der Waals surface area contributed by atoms with Gasteiger partial charge in [-0.05, 0) is 18.9 Å². The maximum Gasteiger partial charge on any atom is 0.264 e. The van der Waals surface area contributed by atoms with E-state index in [2.05, 4.69) is 0 Å². The van der Waals surface area contributed by atoms with Crippen LogP contribution in [0.2, 0.25) is 0 Å². The Morgan fingerprint density at radius 1 is 1.12 bits per heavy atom. The van der Waals surface area contributed by atoms with Crippen molar-refractivity contribution in [2.75, 3.05) is 39.4 Å². The van der Waals surface area contributed by atoms with Crippen molar-refractivity contribution < 1.29 is 18.7 Å². The van der Waals surface area contributed by atoms with E-state index in [-0.39, 0.29) is 11.8 Å². The number of furan rings is 1. The summed E-state index contributed by atoms with van der Waals surface area (Å²) >= 11 is 1.44. The van der Waals surface area contributed by atoms with Crippen molar-refractivity contribution >= 4 is 33.4 Å². The van der Waals surface area contributed by atoms with Crippen LogP contribution in [-0.4, -0.2) is 66.5 Å². The molecular weight excluding hydrogens is 342 g/mol. The summed E-state index contributed by atoms with van der Waals surface area (Å²) in [6.45, 7) is 3.14. The van der Waals surface area contributed by atoms with Gasteiger partial charge in [0.2, 0.25) is 5.91 Å². The normalized spacial score (nSPS) is 20.8. The molecule has 0 saturated carbocycles. The fourth-order valence-electron chi connectivity index (χ4n) is 3.40. The SMILES string of the molecule is NC1(C(=O)N2CCN(C(=O)c3cc4occc4s3)CC2)CCOCC1. The second-order valence-corrected chi connectivity index (χ2v) is 7.70. The Morgan fingerprint density at radius 3 is 2.48 bits per heavy atom. The highest BCUT2D eigenvalue weighted by atomic mass is 32.1. The number of thiophene rings is 1. The summed E-state index contributed by atoms with van der Waals surface area (Å²) in [5, 5.41) is 0. The number of carbonyl (C=O) groups excluding carboxylic acids is 2. The smallest absolute Gasteiger partial charge is 0.264 e. The Balaban J connectivity index is 1.38. The van der Waals surface area contributed by atoms with Gasteiger partial charge in [-0.25, -0.2) is 0 Å². The number of hydrogen-bond acceptors (Lipinski definition) is 6. The molecule has 0 unspecified atom stereocenters. The lowest BCUT2D eigenvalue weighted by atomic mass is 9.89. The van der Waals surface area contributed by atoms with Gasteiger partial charge in [0.15, 0.2) is 0 Å². The summed E-state index contributed by atoms with van der Waals surface area (Å²) in [7, 11) is 0. The summed E-state index contributed by atoms with van der Waals surface area (Å²) in [5.74, 6) is -0.0198. The van der Waals surface area contributed by atoms with Crippen molar-refractivity contribution in [2.24, 2.45) is 5.73 Å². The van der Waals surface area contributed by atoms with E-state index < -0.39 is 5.54 Å². The predicted octanol–water partition coefficient (Wildman–Crippen LogP) is 1.29. The molecule has 2 fully saturated rings. The van der Waals surface area contributed by atoms with Gasteiger partial charge in [-0.15, -0.1) is 11.3 Å². The molecule has 2 aliphatic rings. The highest BCUT2D eigenvalue weighted by molar-refractivity contribution is 7.20. The Morgan fingerprint density at radius 2 is 1.80 bits per heavy atom. The summed E-state index contributed by atoms with van der Waals surface area (Å²) in [5.41, 5.74) is 6.22. The van der Waals surface area contributed by atoms with Gasteiger partial charge in [0.25, 0.3) is 5.91 Å². The molecule has 8 heteroatoms. The molecule has 0 bridgehead atoms. The molecule has 2 aliphatic heterocycles. The summed E-state index contributed by atoms with van der Waals surface area (Å²) in [6, 6.07) is 3.65. The maximum atomic E-state index is 12.7. The fourth-order valence-corrected chi connectivity index (χ4v) is 4.35. The Hall–Kier alpha value is -1.90. The molecule has 0 aromatic carbocycles. The third kappa shape index (κ3) is 3.05. The van der Waals surface area contributed by atoms with E-state index >= 15 is 0 Å². The highest BCUT2D eigenvalue weighted by Crippen LogP contribution is 2.28. The predicted molar refractivity (Wildman–Crippen MR) is 93.5 cm³/mol. The van der Waals surface area contributed by atoms with Crippen molar-refractivity contribution in [2.45, 2.75) is 18.4 Å². The van der Waals surface area contributed by atoms with Crippen LogP contribution in [0, 0.1) is 0 Å². The monoisotopic (exact) mass is 363 g/mol. The average Bonchev–Trinajstić information content (AvgIpc) is 3.23. The first-order chi connectivity index (χ1) is 12.1. The number of nitrogens with zero attached hydrogens (tertiary/aromatic N) is 2. The van der Waals surface area contributed by atoms with Crippen LogP contribution in [0.5, 0.6) is 0 Å². The van der Waals surface area contributed by atoms with Gasteiger partial charge >= 0.3 is 0 Å². The van der Waals surface area contributed by atoms with E-state index in [9.17, 15) is 9.59 Å². The van der Waals surface area contributed by atoms with E-state index in [0.717, 1.165) is 10.3 Å². The van der Waals surface area contributed by atoms with Crippen LogP contribution in [0.1, 0.15) is 22.5 Å². The lowest BCUT2D eigenvalue weighted by Crippen LogP contribution is -2.61. The van der Waals surface area contributed by atoms with E-state index in [1.807, 2.05) is 6.07 Å². The molecule has 2 saturated heterocycles. The lowest BCUT2D eigenvalue weighted by molar-refractivity contribution is -0.142. The molecule has 7 nitrogen and oxygen atoms in total. The van der Waals surface area contributed by atoms with Gasteiger partial charge in [0.05, 0.1) is 21.4 Å². The van der Waals surface area contributed by atoms with Gasteiger partial charge in [-0.1, -0.05) is 0 Å². The molecule has 0 atom stereocenters. The number of carbonyl (C=O) groups is 2. The number of hydrogen-bond donors (Lipinski definition) is 1. The van der Waals surface area contributed by atoms with Gasteiger partial charge in [0, 0.05) is 45.5 Å². The highest BCUT2D eigenvalue weighted by Gasteiger charge is 2.40. The zero-order valence-electron chi connectivity index (χ0n) is 13.9. The number of ether oxygens (including phenoxy) is 1. The molecule has 2 aromatic rings. The summed E-state index contributed by atoms with van der Waals surface area (Å²) < 4.78 is 11.6. The molecule has 0 radical (unpaired) electrons. The first-order valence-electron chi connectivity index (χ1n) is 8.49. The van der Waals surface area contributed by atoms with Crippen molar-refractivity contribution in [1.29, 1.82) is 0 Å². The van der Waals surface area contributed by atoms with Crippen LogP contribution in [0.15, 0.2) is 22.8 Å². The number of fused-ring (bicyclic) bond motifs is 1. The third-order valence-corrected chi connectivity index (χ3v) is 6.08. The maximum absolute atomic E-state index is 12.7. The zero-order valence-corrected chi connectivity index (χ0v) is 14.7. The van der Waals surface area contributed by atoms with Crippen molar-refractivity contribution in [3.63, 3.8) is 0 Å². The van der Waals surface area contributed by atoms with Crippen LogP contribution >= 0.6 is 11.3 Å². The number of piperazine rings is 1. The molecular formula is C17H21N3O4S. The lowest BCUT2D eigenvalue weighted by Gasteiger charge is -2.40. The minimum absolute atomic E-state index is 0.00275. The fraction of sp³-hybridized carbons (Fsp3) is 0.529. The Labute approximate surface area is 149 Å². The zero-order chi connectivity index (χ0) is 17.4. The van der Waals surface area contributed by atoms with Gasteiger partial charge < -0.3 is 24.7 Å². The number of nitrogens with two attached hydrogens (primary N) is 1. The second-order valence-electron chi connectivity index (χ2n) is 6.61. The third-order valence-electron chi connectivity index (χ3n) is 5.02. The second kappa shape index (κ2) is 6.44. The quantitative estimate of drug-likeness (QED) is 0.868. The van der Waals surface area contributed by atoms with Crippen LogP contribution < -0.4 is 5.73 Å². The molecule has 4 heterocycles. The van der Waals surface area contributed by atoms with Gasteiger partial charge in [0.1, 0.15) is 5.58 Å². The standard InChI is InChI=1S/C17H21N3O4S/c18-17(2-9-23-10-3-17)16(22)20-6-4-19(5-7-20)15(21)14-11-12-13(25-14)1-8-24-12/h1,8,11H,2-7,9-10,18H2. The van der Waals surface area contributed by atoms with Crippen LogP contribution in [-0.2, 0) is 9.53 Å². The molecule has 25 heavy (non-hydrogen) atoms. The first kappa shape index (κ1) is 16.6. The van der Waals surface area contributed by atoms with Crippen molar-refractivity contribution in [3.05, 3.63) is 23.3 Å². The Kier molecular flexibility index (Phi) is 4.26. The van der Waals surface area contributed by atoms with Crippen molar-refractivity contribution in [1.82, 2.24) is 9.80 Å². The van der Waals surface area contributed by atoms with Gasteiger partial charge in [-0.2, -0.15) is 0 Å². The van der Waals surface area contributed by atoms with E-state index in [0.29, 0.717) is 57.1 Å². The molecule has 4 rings (SSSR count). The van der Waals surface area contributed by atoms with Crippen molar-refractivity contribution in [3.8, 4) is 0 Å². The molecule has 2 amide bonds. The summed E-state index contributed by atoms with van der Waals surface area (Å²) in [6.07, 6.45) is 2.73. The van der Waals surface area contributed by atoms with Crippen LogP contribution in [0.3, 0.4) is 0 Å². The molecule has 2 N–H and O–H groups in total. The molecule has 0 aliphatic carbocycles. The van der Waals surface area contributed by atoms with E-state index in [4.69, 9.17) is 14.9 Å². The van der Waals surface area contributed by atoms with Gasteiger partial charge in [-0.3, -0.25) is 9.59 Å². The minimum atomic E-state index is -0.817. The number of rotatable bonds is 2. The van der Waals surface area contributed by atoms with E-state index in [1.165, 1.54) is 11.3 Å². The number of amides is 2. The average molecular weight is 363 g/mol. The largest absolute Gasteiger partial charge is 0.463 e. The summed E-state index contributed by atoms with van der Waals surface area (Å²) in [4.78, 5) is 29.6.